The quantitative estimate of drug-likeness (QED) is 0.616. The molecule has 152 valence electrons. The molecule has 1 unspecified atom stereocenters. The molecule has 1 aromatic carbocycles. The molecule has 0 saturated carbocycles. The van der Waals surface area contributed by atoms with E-state index in [2.05, 4.69) is 15.3 Å². The molecule has 29 heavy (non-hydrogen) atoms. The summed E-state index contributed by atoms with van der Waals surface area (Å²) in [4.78, 5) is 34.6. The molecule has 1 aliphatic carbocycles. The number of halogens is 1. The number of thiophene rings is 1. The summed E-state index contributed by atoms with van der Waals surface area (Å²) in [6, 6.07) is 7.66. The van der Waals surface area contributed by atoms with Crippen molar-refractivity contribution in [2.45, 2.75) is 57.9 Å². The van der Waals surface area contributed by atoms with Crippen molar-refractivity contribution >= 4 is 39.1 Å². The number of amides is 1. The predicted molar refractivity (Wildman–Crippen MR) is 118 cm³/mol. The van der Waals surface area contributed by atoms with Gasteiger partial charge in [0.05, 0.1) is 5.39 Å². The van der Waals surface area contributed by atoms with E-state index in [0.29, 0.717) is 30.1 Å². The van der Waals surface area contributed by atoms with Gasteiger partial charge in [0.2, 0.25) is 5.91 Å². The van der Waals surface area contributed by atoms with Crippen molar-refractivity contribution in [2.75, 3.05) is 0 Å². The molecular weight excluding hydrogens is 406 g/mol. The highest BCUT2D eigenvalue weighted by Crippen LogP contribution is 2.33. The van der Waals surface area contributed by atoms with Gasteiger partial charge in [-0.3, -0.25) is 9.59 Å². The van der Waals surface area contributed by atoms with E-state index in [0.717, 1.165) is 35.0 Å². The zero-order valence-electron chi connectivity index (χ0n) is 16.4. The van der Waals surface area contributed by atoms with Crippen LogP contribution in [0.5, 0.6) is 0 Å². The number of carbonyl (C=O) groups is 1. The molecule has 1 amide bonds. The molecule has 2 aromatic heterocycles. The molecule has 2 heterocycles. The number of nitrogens with zero attached hydrogens (tertiary/aromatic N) is 1. The molecule has 0 radical (unpaired) electrons. The molecule has 0 saturated heterocycles. The van der Waals surface area contributed by atoms with Gasteiger partial charge in [-0.2, -0.15) is 0 Å². The number of rotatable bonds is 6. The van der Waals surface area contributed by atoms with Crippen molar-refractivity contribution in [2.24, 2.45) is 0 Å². The van der Waals surface area contributed by atoms with Gasteiger partial charge in [-0.05, 0) is 62.3 Å². The van der Waals surface area contributed by atoms with E-state index < -0.39 is 0 Å². The first-order valence-corrected chi connectivity index (χ1v) is 11.3. The standard InChI is InChI=1S/C22H24ClN3O2S/c1-13(11-14-5-4-6-15(23)12-14)24-19(27)10-9-18-25-21(28)20-16-7-2-3-8-17(16)29-22(20)26-18/h4-6,12-13H,2-3,7-11H2,1H3,(H,24,27)(H,25,26,28). The fraction of sp³-hybridized carbons (Fsp3) is 0.409. The number of aromatic nitrogens is 2. The van der Waals surface area contributed by atoms with E-state index in [4.69, 9.17) is 11.6 Å². The molecule has 0 bridgehead atoms. The lowest BCUT2D eigenvalue weighted by Crippen LogP contribution is -2.34. The summed E-state index contributed by atoms with van der Waals surface area (Å²) in [5.74, 6) is 0.534. The predicted octanol–water partition coefficient (Wildman–Crippen LogP) is 4.20. The largest absolute Gasteiger partial charge is 0.353 e. The minimum Gasteiger partial charge on any atom is -0.353 e. The fourth-order valence-electron chi connectivity index (χ4n) is 3.97. The van der Waals surface area contributed by atoms with Crippen LogP contribution in [0.25, 0.3) is 10.2 Å². The van der Waals surface area contributed by atoms with E-state index in [1.54, 1.807) is 11.3 Å². The Bertz CT molecular complexity index is 1110. The molecule has 4 rings (SSSR count). The second-order valence-electron chi connectivity index (χ2n) is 7.71. The Morgan fingerprint density at radius 1 is 1.34 bits per heavy atom. The van der Waals surface area contributed by atoms with Crippen LogP contribution in [0.1, 0.15) is 48.0 Å². The van der Waals surface area contributed by atoms with Gasteiger partial charge in [0, 0.05) is 28.8 Å². The molecule has 0 spiro atoms. The number of benzene rings is 1. The first kappa shape index (κ1) is 20.1. The molecular formula is C22H24ClN3O2S. The summed E-state index contributed by atoms with van der Waals surface area (Å²) >= 11 is 7.65. The van der Waals surface area contributed by atoms with Gasteiger partial charge in [0.15, 0.2) is 0 Å². The maximum atomic E-state index is 12.6. The van der Waals surface area contributed by atoms with Crippen LogP contribution in [0.4, 0.5) is 0 Å². The van der Waals surface area contributed by atoms with Crippen LogP contribution >= 0.6 is 22.9 Å². The SMILES string of the molecule is CC(Cc1cccc(Cl)c1)NC(=O)CCc1nc2sc3c(c2c(=O)[nH]1)CCCC3. The van der Waals surface area contributed by atoms with Gasteiger partial charge in [-0.1, -0.05) is 23.7 Å². The molecule has 1 aliphatic rings. The first-order valence-electron chi connectivity index (χ1n) is 10.1. The summed E-state index contributed by atoms with van der Waals surface area (Å²) < 4.78 is 0. The molecule has 1 atom stereocenters. The third-order valence-electron chi connectivity index (χ3n) is 5.30. The third kappa shape index (κ3) is 4.70. The van der Waals surface area contributed by atoms with Gasteiger partial charge in [-0.15, -0.1) is 11.3 Å². The second-order valence-corrected chi connectivity index (χ2v) is 9.23. The number of hydrogen-bond acceptors (Lipinski definition) is 4. The van der Waals surface area contributed by atoms with Crippen molar-refractivity contribution in [1.82, 2.24) is 15.3 Å². The number of H-pyrrole nitrogens is 1. The number of aromatic amines is 1. The topological polar surface area (TPSA) is 74.8 Å². The Balaban J connectivity index is 1.37. The summed E-state index contributed by atoms with van der Waals surface area (Å²) in [7, 11) is 0. The van der Waals surface area contributed by atoms with Crippen LogP contribution in [0.2, 0.25) is 5.02 Å². The van der Waals surface area contributed by atoms with Gasteiger partial charge in [0.1, 0.15) is 10.7 Å². The minimum atomic E-state index is -0.0702. The van der Waals surface area contributed by atoms with Gasteiger partial charge in [-0.25, -0.2) is 4.98 Å². The van der Waals surface area contributed by atoms with Gasteiger partial charge >= 0.3 is 0 Å². The van der Waals surface area contributed by atoms with E-state index in [9.17, 15) is 9.59 Å². The molecule has 5 nitrogen and oxygen atoms in total. The summed E-state index contributed by atoms with van der Waals surface area (Å²) in [6.07, 6.45) is 5.74. The van der Waals surface area contributed by atoms with E-state index in [-0.39, 0.29) is 17.5 Å². The Kier molecular flexibility index (Phi) is 6.01. The Morgan fingerprint density at radius 2 is 2.17 bits per heavy atom. The monoisotopic (exact) mass is 429 g/mol. The van der Waals surface area contributed by atoms with Crippen molar-refractivity contribution in [3.63, 3.8) is 0 Å². The number of fused-ring (bicyclic) bond motifs is 3. The molecule has 2 N–H and O–H groups in total. The van der Waals surface area contributed by atoms with Crippen LogP contribution in [0.15, 0.2) is 29.1 Å². The zero-order valence-corrected chi connectivity index (χ0v) is 18.0. The van der Waals surface area contributed by atoms with Crippen LogP contribution in [-0.4, -0.2) is 21.9 Å². The maximum Gasteiger partial charge on any atom is 0.259 e. The number of nitrogens with one attached hydrogen (secondary N) is 2. The molecule has 7 heteroatoms. The minimum absolute atomic E-state index is 0.000485. The molecule has 3 aromatic rings. The van der Waals surface area contributed by atoms with E-state index >= 15 is 0 Å². The smallest absolute Gasteiger partial charge is 0.259 e. The lowest BCUT2D eigenvalue weighted by molar-refractivity contribution is -0.121. The summed E-state index contributed by atoms with van der Waals surface area (Å²) in [5, 5.41) is 4.46. The van der Waals surface area contributed by atoms with E-state index in [1.807, 2.05) is 31.2 Å². The summed E-state index contributed by atoms with van der Waals surface area (Å²) in [5.41, 5.74) is 2.20. The Morgan fingerprint density at radius 3 is 3.00 bits per heavy atom. The Hall–Kier alpha value is -2.18. The average molecular weight is 430 g/mol. The lowest BCUT2D eigenvalue weighted by atomic mass is 9.97. The number of carbonyl (C=O) groups excluding carboxylic acids is 1. The highest BCUT2D eigenvalue weighted by atomic mass is 35.5. The van der Waals surface area contributed by atoms with Crippen molar-refractivity contribution < 1.29 is 4.79 Å². The number of hydrogen-bond donors (Lipinski definition) is 2. The highest BCUT2D eigenvalue weighted by molar-refractivity contribution is 7.18. The fourth-order valence-corrected chi connectivity index (χ4v) is 5.47. The Labute approximate surface area is 178 Å². The highest BCUT2D eigenvalue weighted by Gasteiger charge is 2.20. The van der Waals surface area contributed by atoms with Crippen molar-refractivity contribution in [3.05, 3.63) is 61.5 Å². The second kappa shape index (κ2) is 8.67. The van der Waals surface area contributed by atoms with Crippen molar-refractivity contribution in [3.8, 4) is 0 Å². The van der Waals surface area contributed by atoms with Gasteiger partial charge in [0.25, 0.3) is 5.56 Å². The zero-order chi connectivity index (χ0) is 20.4. The first-order chi connectivity index (χ1) is 14.0. The van der Waals surface area contributed by atoms with Crippen LogP contribution < -0.4 is 10.9 Å². The van der Waals surface area contributed by atoms with Crippen LogP contribution in [0, 0.1) is 0 Å². The van der Waals surface area contributed by atoms with Crippen LogP contribution in [0.3, 0.4) is 0 Å². The maximum absolute atomic E-state index is 12.6. The van der Waals surface area contributed by atoms with E-state index in [1.165, 1.54) is 16.9 Å². The van der Waals surface area contributed by atoms with Crippen LogP contribution in [-0.2, 0) is 30.5 Å². The molecule has 0 fully saturated rings. The third-order valence-corrected chi connectivity index (χ3v) is 6.72. The number of aryl methyl sites for hydroxylation is 3. The lowest BCUT2D eigenvalue weighted by Gasteiger charge is -2.14. The average Bonchev–Trinajstić information content (AvgIpc) is 3.05. The normalized spacial score (nSPS) is 14.6. The van der Waals surface area contributed by atoms with Gasteiger partial charge < -0.3 is 10.3 Å². The van der Waals surface area contributed by atoms with Crippen molar-refractivity contribution in [1.29, 1.82) is 0 Å². The molecule has 0 aliphatic heterocycles. The summed E-state index contributed by atoms with van der Waals surface area (Å²) in [6.45, 7) is 1.97.